The lowest BCUT2D eigenvalue weighted by Crippen LogP contribution is -2.34. The number of amides is 2. The fraction of sp³-hybridized carbons (Fsp3) is 0.500. The van der Waals surface area contributed by atoms with Gasteiger partial charge in [-0.2, -0.15) is 0 Å². The number of rotatable bonds is 7. The first-order chi connectivity index (χ1) is 13.6. The van der Waals surface area contributed by atoms with E-state index in [-0.39, 0.29) is 30.6 Å². The van der Waals surface area contributed by atoms with E-state index in [1.807, 2.05) is 6.92 Å². The highest BCUT2D eigenvalue weighted by Crippen LogP contribution is 2.32. The molecule has 1 N–H and O–H groups in total. The largest absolute Gasteiger partial charge is 0.462 e. The normalized spacial score (nSPS) is 15.7. The number of hydrogen-bond donors (Lipinski definition) is 1. The van der Waals surface area contributed by atoms with Crippen molar-refractivity contribution in [3.63, 3.8) is 0 Å². The van der Waals surface area contributed by atoms with Crippen LogP contribution in [0.25, 0.3) is 0 Å². The summed E-state index contributed by atoms with van der Waals surface area (Å²) in [4.78, 5) is 51.5. The molecule has 0 unspecified atom stereocenters. The Labute approximate surface area is 178 Å². The van der Waals surface area contributed by atoms with Gasteiger partial charge in [-0.05, 0) is 19.4 Å². The van der Waals surface area contributed by atoms with Crippen LogP contribution in [0.2, 0.25) is 0 Å². The second-order valence-electron chi connectivity index (χ2n) is 7.44. The molecule has 29 heavy (non-hydrogen) atoms. The Kier molecular flexibility index (Phi) is 7.65. The third kappa shape index (κ3) is 5.93. The molecule has 1 aromatic rings. The molecule has 1 aromatic heterocycles. The number of esters is 1. The molecule has 0 aliphatic carbocycles. The van der Waals surface area contributed by atoms with Gasteiger partial charge in [-0.3, -0.25) is 19.3 Å². The number of aryl methyl sites for hydroxylation is 1. The quantitative estimate of drug-likeness (QED) is 0.518. The van der Waals surface area contributed by atoms with Gasteiger partial charge < -0.3 is 10.1 Å². The Hall–Kier alpha value is -2.13. The van der Waals surface area contributed by atoms with Gasteiger partial charge in [0.25, 0.3) is 0 Å². The van der Waals surface area contributed by atoms with Gasteiger partial charge in [0.2, 0.25) is 11.8 Å². The van der Waals surface area contributed by atoms with E-state index < -0.39 is 17.3 Å². The van der Waals surface area contributed by atoms with Crippen molar-refractivity contribution in [3.05, 3.63) is 27.6 Å². The van der Waals surface area contributed by atoms with Crippen molar-refractivity contribution in [2.24, 2.45) is 5.41 Å². The van der Waals surface area contributed by atoms with E-state index in [9.17, 15) is 19.2 Å². The summed E-state index contributed by atoms with van der Waals surface area (Å²) in [6.45, 7) is 9.07. The van der Waals surface area contributed by atoms with Crippen LogP contribution in [0, 0.1) is 5.41 Å². The summed E-state index contributed by atoms with van der Waals surface area (Å²) in [5, 5.41) is 3.59. The van der Waals surface area contributed by atoms with Crippen molar-refractivity contribution in [3.8, 4) is 0 Å². The first kappa shape index (κ1) is 23.2. The molecular formula is C20H26N2O5S2. The summed E-state index contributed by atoms with van der Waals surface area (Å²) in [5.74, 6) is -1.10. The Balaban J connectivity index is 2.16. The minimum Gasteiger partial charge on any atom is -0.462 e. The fourth-order valence-corrected chi connectivity index (χ4v) is 4.35. The van der Waals surface area contributed by atoms with Crippen LogP contribution in [-0.2, 0) is 25.5 Å². The molecule has 1 aliphatic rings. The Morgan fingerprint density at radius 1 is 1.28 bits per heavy atom. The smallest absolute Gasteiger partial charge is 0.341 e. The number of hydrogen-bond acceptors (Lipinski definition) is 7. The molecule has 2 amide bonds. The van der Waals surface area contributed by atoms with Gasteiger partial charge in [0.15, 0.2) is 5.78 Å². The molecular weight excluding hydrogens is 412 g/mol. The maximum absolute atomic E-state index is 12.6. The van der Waals surface area contributed by atoms with Crippen LogP contribution in [0.4, 0.5) is 5.00 Å². The van der Waals surface area contributed by atoms with Gasteiger partial charge in [0, 0.05) is 16.4 Å². The molecule has 1 aliphatic heterocycles. The molecule has 2 rings (SSSR count). The van der Waals surface area contributed by atoms with Crippen LogP contribution in [0.15, 0.2) is 17.2 Å². The van der Waals surface area contributed by atoms with Gasteiger partial charge in [-0.25, -0.2) is 4.79 Å². The number of carbonyl (C=O) groups excluding carboxylic acids is 4. The summed E-state index contributed by atoms with van der Waals surface area (Å²) >= 11 is 2.54. The molecule has 0 spiro atoms. The summed E-state index contributed by atoms with van der Waals surface area (Å²) in [6, 6.07) is 1.71. The minimum absolute atomic E-state index is 0.115. The van der Waals surface area contributed by atoms with E-state index in [1.54, 1.807) is 33.8 Å². The predicted molar refractivity (Wildman–Crippen MR) is 115 cm³/mol. The first-order valence-corrected chi connectivity index (χ1v) is 11.2. The maximum Gasteiger partial charge on any atom is 0.341 e. The van der Waals surface area contributed by atoms with E-state index in [2.05, 4.69) is 5.32 Å². The number of carbonyl (C=O) groups is 4. The van der Waals surface area contributed by atoms with Crippen molar-refractivity contribution in [1.82, 2.24) is 4.90 Å². The van der Waals surface area contributed by atoms with Crippen LogP contribution in [-0.4, -0.2) is 47.4 Å². The van der Waals surface area contributed by atoms with Crippen molar-refractivity contribution in [2.45, 2.75) is 41.0 Å². The summed E-state index contributed by atoms with van der Waals surface area (Å²) in [6.07, 6.45) is 2.14. The number of ketones is 1. The van der Waals surface area contributed by atoms with E-state index in [4.69, 9.17) is 4.74 Å². The molecule has 0 radical (unpaired) electrons. The highest BCUT2D eigenvalue weighted by atomic mass is 32.2. The lowest BCUT2D eigenvalue weighted by molar-refractivity contribution is -0.129. The van der Waals surface area contributed by atoms with Gasteiger partial charge in [-0.15, -0.1) is 11.3 Å². The second kappa shape index (κ2) is 9.58. The summed E-state index contributed by atoms with van der Waals surface area (Å²) < 4.78 is 5.05. The summed E-state index contributed by atoms with van der Waals surface area (Å²) in [7, 11) is 0. The topological polar surface area (TPSA) is 92.8 Å². The molecule has 0 bridgehead atoms. The molecule has 158 valence electrons. The van der Waals surface area contributed by atoms with Gasteiger partial charge in [0.1, 0.15) is 11.5 Å². The number of thiophene rings is 1. The molecule has 9 heteroatoms. The average Bonchev–Trinajstić information content (AvgIpc) is 3.19. The number of nitrogens with one attached hydrogen (secondary N) is 1. The van der Waals surface area contributed by atoms with E-state index in [0.717, 1.165) is 11.3 Å². The van der Waals surface area contributed by atoms with Crippen LogP contribution in [0.1, 0.15) is 49.9 Å². The average molecular weight is 439 g/mol. The molecule has 0 atom stereocenters. The predicted octanol–water partition coefficient (Wildman–Crippen LogP) is 3.46. The zero-order chi connectivity index (χ0) is 21.8. The number of allylic oxidation sites excluding steroid dienone is 1. The molecule has 1 fully saturated rings. The van der Waals surface area contributed by atoms with E-state index >= 15 is 0 Å². The standard InChI is InChI=1S/C20H26N2O5S2/c1-6-12-8-13(19(26)27-7-2)18(29-12)21-15(24)10-22-16(25)11-28-17(22)9-14(23)20(3,4)5/h8-9H,6-7,10-11H2,1-5H3,(H,21,24)/b17-9-. The fourth-order valence-electron chi connectivity index (χ4n) is 2.41. The SMILES string of the molecule is CCOC(=O)c1cc(CC)sc1NC(=O)CN1C(=O)CS/C1=C\C(=O)C(C)(C)C. The van der Waals surface area contributed by atoms with Crippen LogP contribution < -0.4 is 5.32 Å². The zero-order valence-corrected chi connectivity index (χ0v) is 18.9. The lowest BCUT2D eigenvalue weighted by atomic mass is 9.91. The van der Waals surface area contributed by atoms with Crippen LogP contribution >= 0.6 is 23.1 Å². The van der Waals surface area contributed by atoms with Crippen molar-refractivity contribution in [1.29, 1.82) is 0 Å². The highest BCUT2D eigenvalue weighted by Gasteiger charge is 2.31. The van der Waals surface area contributed by atoms with Crippen LogP contribution in [0.5, 0.6) is 0 Å². The lowest BCUT2D eigenvalue weighted by Gasteiger charge is -2.19. The molecule has 7 nitrogen and oxygen atoms in total. The molecule has 0 saturated carbocycles. The minimum atomic E-state index is -0.574. The molecule has 0 aromatic carbocycles. The van der Waals surface area contributed by atoms with Crippen LogP contribution in [0.3, 0.4) is 0 Å². The second-order valence-corrected chi connectivity index (χ2v) is 9.58. The van der Waals surface area contributed by atoms with E-state index in [0.29, 0.717) is 15.6 Å². The highest BCUT2D eigenvalue weighted by molar-refractivity contribution is 8.04. The Bertz CT molecular complexity index is 852. The van der Waals surface area contributed by atoms with Crippen molar-refractivity contribution < 1.29 is 23.9 Å². The van der Waals surface area contributed by atoms with Crippen molar-refractivity contribution >= 4 is 51.7 Å². The van der Waals surface area contributed by atoms with E-state index in [1.165, 1.54) is 34.1 Å². The third-order valence-electron chi connectivity index (χ3n) is 4.09. The zero-order valence-electron chi connectivity index (χ0n) is 17.3. The Morgan fingerprint density at radius 2 is 1.97 bits per heavy atom. The molecule has 2 heterocycles. The van der Waals surface area contributed by atoms with Crippen molar-refractivity contribution in [2.75, 3.05) is 24.2 Å². The monoisotopic (exact) mass is 438 g/mol. The van der Waals surface area contributed by atoms with Gasteiger partial charge in [-0.1, -0.05) is 39.5 Å². The number of ether oxygens (including phenoxy) is 1. The number of thioether (sulfide) groups is 1. The van der Waals surface area contributed by atoms with Gasteiger partial charge in [0.05, 0.1) is 23.0 Å². The maximum atomic E-state index is 12.6. The number of nitrogens with zero attached hydrogens (tertiary/aromatic N) is 1. The number of anilines is 1. The first-order valence-electron chi connectivity index (χ1n) is 9.35. The Morgan fingerprint density at radius 3 is 2.55 bits per heavy atom. The summed E-state index contributed by atoms with van der Waals surface area (Å²) in [5.41, 5.74) is -0.266. The van der Waals surface area contributed by atoms with Gasteiger partial charge >= 0.3 is 5.97 Å². The molecule has 1 saturated heterocycles. The third-order valence-corrected chi connectivity index (χ3v) is 6.31.